The second-order valence-electron chi connectivity index (χ2n) is 5.43. The minimum Gasteiger partial charge on any atom is -0.380 e. The number of hydrogen-bond acceptors (Lipinski definition) is 2. The molecule has 0 atom stereocenters. The van der Waals surface area contributed by atoms with Gasteiger partial charge in [0.05, 0.1) is 6.61 Å². The summed E-state index contributed by atoms with van der Waals surface area (Å²) in [5, 5.41) is 3.61. The molecule has 15 heavy (non-hydrogen) atoms. The third-order valence-electron chi connectivity index (χ3n) is 3.75. The number of ether oxygens (including phenoxy) is 1. The second-order valence-corrected chi connectivity index (χ2v) is 5.43. The van der Waals surface area contributed by atoms with Crippen LogP contribution >= 0.6 is 0 Å². The van der Waals surface area contributed by atoms with E-state index in [4.69, 9.17) is 4.74 Å². The fourth-order valence-electron chi connectivity index (χ4n) is 2.33. The fourth-order valence-corrected chi connectivity index (χ4v) is 2.33. The van der Waals surface area contributed by atoms with Gasteiger partial charge in [-0.1, -0.05) is 6.92 Å². The molecule has 0 aromatic rings. The van der Waals surface area contributed by atoms with Crippen molar-refractivity contribution in [1.29, 1.82) is 0 Å². The number of nitrogens with one attached hydrogen (secondary N) is 1. The highest BCUT2D eigenvalue weighted by molar-refractivity contribution is 4.75. The van der Waals surface area contributed by atoms with Crippen molar-refractivity contribution in [3.05, 3.63) is 0 Å². The molecule has 0 spiro atoms. The quantitative estimate of drug-likeness (QED) is 0.682. The predicted molar refractivity (Wildman–Crippen MR) is 63.0 cm³/mol. The van der Waals surface area contributed by atoms with Gasteiger partial charge in [-0.15, -0.1) is 0 Å². The average Bonchev–Trinajstić information content (AvgIpc) is 3.04. The van der Waals surface area contributed by atoms with Crippen molar-refractivity contribution < 1.29 is 4.74 Å². The summed E-state index contributed by atoms with van der Waals surface area (Å²) in [6, 6.07) is 0.769. The lowest BCUT2D eigenvalue weighted by Gasteiger charge is -2.26. The molecule has 2 nitrogen and oxygen atoms in total. The van der Waals surface area contributed by atoms with E-state index in [1.165, 1.54) is 38.5 Å². The minimum absolute atomic E-state index is 0.769. The van der Waals surface area contributed by atoms with Crippen LogP contribution < -0.4 is 5.32 Å². The Kier molecular flexibility index (Phi) is 4.45. The van der Waals surface area contributed by atoms with Crippen molar-refractivity contribution in [3.63, 3.8) is 0 Å². The first-order chi connectivity index (χ1) is 7.34. The first-order valence-corrected chi connectivity index (χ1v) is 6.65. The lowest BCUT2D eigenvalue weighted by atomic mass is 9.87. The van der Waals surface area contributed by atoms with E-state index in [2.05, 4.69) is 12.2 Å². The maximum atomic E-state index is 5.61. The maximum Gasteiger partial charge on any atom is 0.0591 e. The Morgan fingerprint density at radius 2 is 1.80 bits per heavy atom. The summed E-state index contributed by atoms with van der Waals surface area (Å²) in [6.07, 6.45) is 8.33. The highest BCUT2D eigenvalue weighted by Crippen LogP contribution is 2.28. The van der Waals surface area contributed by atoms with E-state index in [1.54, 1.807) is 0 Å². The summed E-state index contributed by atoms with van der Waals surface area (Å²) in [5.41, 5.74) is 0. The third-order valence-corrected chi connectivity index (χ3v) is 3.75. The molecule has 0 amide bonds. The van der Waals surface area contributed by atoms with Crippen LogP contribution in [0.4, 0.5) is 0 Å². The summed E-state index contributed by atoms with van der Waals surface area (Å²) in [5.74, 6) is 1.86. The Hall–Kier alpha value is -0.0800. The van der Waals surface area contributed by atoms with Gasteiger partial charge in [0.1, 0.15) is 0 Å². The van der Waals surface area contributed by atoms with Gasteiger partial charge in [0.2, 0.25) is 0 Å². The molecule has 88 valence electrons. The molecule has 2 rings (SSSR count). The van der Waals surface area contributed by atoms with Crippen LogP contribution in [0, 0.1) is 11.8 Å². The molecule has 2 saturated carbocycles. The number of rotatable bonds is 6. The molecule has 2 aliphatic rings. The highest BCUT2D eigenvalue weighted by atomic mass is 16.5. The van der Waals surface area contributed by atoms with Crippen LogP contribution in [0.1, 0.15) is 45.4 Å². The van der Waals surface area contributed by atoms with Gasteiger partial charge in [-0.2, -0.15) is 0 Å². The average molecular weight is 211 g/mol. The lowest BCUT2D eigenvalue weighted by Crippen LogP contribution is -2.35. The van der Waals surface area contributed by atoms with Gasteiger partial charge < -0.3 is 10.1 Å². The van der Waals surface area contributed by atoms with E-state index < -0.39 is 0 Å². The van der Waals surface area contributed by atoms with E-state index in [9.17, 15) is 0 Å². The molecule has 0 radical (unpaired) electrons. The van der Waals surface area contributed by atoms with Gasteiger partial charge in [0.25, 0.3) is 0 Å². The van der Waals surface area contributed by atoms with Crippen LogP contribution in [0.3, 0.4) is 0 Å². The molecule has 2 aliphatic carbocycles. The smallest absolute Gasteiger partial charge is 0.0591 e. The van der Waals surface area contributed by atoms with E-state index in [1.807, 2.05) is 0 Å². The summed E-state index contributed by atoms with van der Waals surface area (Å²) < 4.78 is 5.61. The standard InChI is InChI=1S/C13H25NO/c1-11-2-6-13(7-3-11)14-8-9-15-10-12-4-5-12/h11-14H,2-10H2,1H3. The van der Waals surface area contributed by atoms with Crippen LogP contribution in [-0.2, 0) is 4.74 Å². The first-order valence-electron chi connectivity index (χ1n) is 6.65. The van der Waals surface area contributed by atoms with Crippen molar-refractivity contribution in [2.45, 2.75) is 51.5 Å². The number of hydrogen-bond donors (Lipinski definition) is 1. The van der Waals surface area contributed by atoms with Crippen LogP contribution in [0.2, 0.25) is 0 Å². The van der Waals surface area contributed by atoms with Crippen LogP contribution in [0.5, 0.6) is 0 Å². The van der Waals surface area contributed by atoms with E-state index in [0.29, 0.717) is 0 Å². The summed E-state index contributed by atoms with van der Waals surface area (Å²) in [6.45, 7) is 5.33. The Labute approximate surface area is 93.8 Å². The topological polar surface area (TPSA) is 21.3 Å². The normalized spacial score (nSPS) is 31.8. The molecule has 0 unspecified atom stereocenters. The van der Waals surface area contributed by atoms with Gasteiger partial charge >= 0.3 is 0 Å². The zero-order chi connectivity index (χ0) is 10.5. The molecular weight excluding hydrogens is 186 g/mol. The molecule has 0 aromatic carbocycles. The molecule has 0 aliphatic heterocycles. The van der Waals surface area contributed by atoms with Crippen molar-refractivity contribution in [1.82, 2.24) is 5.32 Å². The van der Waals surface area contributed by atoms with Gasteiger partial charge in [-0.3, -0.25) is 0 Å². The van der Waals surface area contributed by atoms with Crippen molar-refractivity contribution in [2.75, 3.05) is 19.8 Å². The third kappa shape index (κ3) is 4.52. The summed E-state index contributed by atoms with van der Waals surface area (Å²) >= 11 is 0. The Morgan fingerprint density at radius 3 is 2.47 bits per heavy atom. The Bertz CT molecular complexity index is 171. The van der Waals surface area contributed by atoms with Gasteiger partial charge in [0.15, 0.2) is 0 Å². The monoisotopic (exact) mass is 211 g/mol. The fraction of sp³-hybridized carbons (Fsp3) is 1.00. The van der Waals surface area contributed by atoms with Crippen LogP contribution in [0.15, 0.2) is 0 Å². The van der Waals surface area contributed by atoms with E-state index in [0.717, 1.165) is 37.6 Å². The molecule has 0 bridgehead atoms. The van der Waals surface area contributed by atoms with Crippen molar-refractivity contribution in [2.24, 2.45) is 11.8 Å². The summed E-state index contributed by atoms with van der Waals surface area (Å²) in [4.78, 5) is 0. The lowest BCUT2D eigenvalue weighted by molar-refractivity contribution is 0.122. The van der Waals surface area contributed by atoms with E-state index in [-0.39, 0.29) is 0 Å². The molecular formula is C13H25NO. The second kappa shape index (κ2) is 5.86. The zero-order valence-corrected chi connectivity index (χ0v) is 10.0. The SMILES string of the molecule is CC1CCC(NCCOCC2CC2)CC1. The Morgan fingerprint density at radius 1 is 1.07 bits per heavy atom. The molecule has 0 aromatic heterocycles. The molecule has 2 heteroatoms. The van der Waals surface area contributed by atoms with Crippen LogP contribution in [-0.4, -0.2) is 25.8 Å². The molecule has 1 N–H and O–H groups in total. The van der Waals surface area contributed by atoms with Gasteiger partial charge in [-0.05, 0) is 50.4 Å². The van der Waals surface area contributed by atoms with Crippen LogP contribution in [0.25, 0.3) is 0 Å². The maximum absolute atomic E-state index is 5.61. The van der Waals surface area contributed by atoms with Gasteiger partial charge in [0, 0.05) is 19.2 Å². The predicted octanol–water partition coefficient (Wildman–Crippen LogP) is 2.58. The molecule has 2 fully saturated rings. The first kappa shape index (κ1) is 11.4. The molecule has 0 heterocycles. The van der Waals surface area contributed by atoms with Crippen molar-refractivity contribution in [3.8, 4) is 0 Å². The van der Waals surface area contributed by atoms with Crippen molar-refractivity contribution >= 4 is 0 Å². The summed E-state index contributed by atoms with van der Waals surface area (Å²) in [7, 11) is 0. The Balaban J connectivity index is 1.43. The van der Waals surface area contributed by atoms with E-state index >= 15 is 0 Å². The minimum atomic E-state index is 0.769. The van der Waals surface area contributed by atoms with Gasteiger partial charge in [-0.25, -0.2) is 0 Å². The molecule has 0 saturated heterocycles. The largest absolute Gasteiger partial charge is 0.380 e. The highest BCUT2D eigenvalue weighted by Gasteiger charge is 2.21. The zero-order valence-electron chi connectivity index (χ0n) is 10.0.